The van der Waals surface area contributed by atoms with Gasteiger partial charge in [0.25, 0.3) is 0 Å². The van der Waals surface area contributed by atoms with Crippen molar-refractivity contribution >= 4 is 0 Å². The summed E-state index contributed by atoms with van der Waals surface area (Å²) in [5.41, 5.74) is 4.28. The van der Waals surface area contributed by atoms with Crippen molar-refractivity contribution in [3.05, 3.63) is 34.9 Å². The zero-order valence-corrected chi connectivity index (χ0v) is 9.79. The van der Waals surface area contributed by atoms with Gasteiger partial charge in [0.2, 0.25) is 0 Å². The molecule has 2 rings (SSSR count). The average molecular weight is 214 g/mol. The molecule has 1 heterocycles. The Morgan fingerprint density at radius 1 is 1.44 bits per heavy atom. The zero-order valence-electron chi connectivity index (χ0n) is 9.79. The fourth-order valence-electron chi connectivity index (χ4n) is 2.16. The molecule has 0 saturated carbocycles. The van der Waals surface area contributed by atoms with Crippen LogP contribution >= 0.6 is 0 Å². The second kappa shape index (κ2) is 5.16. The predicted molar refractivity (Wildman–Crippen MR) is 67.0 cm³/mol. The third-order valence-electron chi connectivity index (χ3n) is 2.97. The molecule has 0 aromatic heterocycles. The lowest BCUT2D eigenvalue weighted by atomic mass is 9.98. The van der Waals surface area contributed by atoms with Crippen LogP contribution in [0.3, 0.4) is 0 Å². The van der Waals surface area contributed by atoms with Crippen molar-refractivity contribution in [2.75, 3.05) is 20.1 Å². The SMILES string of the molecule is C#CCN(C)Cc1ccc2c(c1)CNCC2. The molecule has 2 heteroatoms. The van der Waals surface area contributed by atoms with Crippen LogP contribution in [-0.4, -0.2) is 25.0 Å². The molecular formula is C14H18N2. The summed E-state index contributed by atoms with van der Waals surface area (Å²) in [6.45, 7) is 3.73. The first-order chi connectivity index (χ1) is 7.79. The first-order valence-electron chi connectivity index (χ1n) is 5.73. The molecule has 1 N–H and O–H groups in total. The summed E-state index contributed by atoms with van der Waals surface area (Å²) in [5.74, 6) is 2.66. The Balaban J connectivity index is 2.08. The molecule has 0 spiro atoms. The summed E-state index contributed by atoms with van der Waals surface area (Å²) < 4.78 is 0. The van der Waals surface area contributed by atoms with Crippen molar-refractivity contribution in [1.29, 1.82) is 0 Å². The van der Waals surface area contributed by atoms with Gasteiger partial charge in [-0.1, -0.05) is 24.1 Å². The van der Waals surface area contributed by atoms with E-state index in [1.54, 1.807) is 0 Å². The van der Waals surface area contributed by atoms with Gasteiger partial charge in [0.1, 0.15) is 0 Å². The Labute approximate surface area is 97.7 Å². The largest absolute Gasteiger partial charge is 0.312 e. The number of benzene rings is 1. The number of terminal acetylenes is 1. The molecule has 0 amide bonds. The van der Waals surface area contributed by atoms with Crippen molar-refractivity contribution in [3.63, 3.8) is 0 Å². The fourth-order valence-corrected chi connectivity index (χ4v) is 2.16. The third-order valence-corrected chi connectivity index (χ3v) is 2.97. The first kappa shape index (κ1) is 11.2. The van der Waals surface area contributed by atoms with Gasteiger partial charge in [-0.05, 0) is 36.7 Å². The van der Waals surface area contributed by atoms with Crippen LogP contribution in [0.2, 0.25) is 0 Å². The van der Waals surface area contributed by atoms with E-state index in [4.69, 9.17) is 6.42 Å². The quantitative estimate of drug-likeness (QED) is 0.765. The normalized spacial score (nSPS) is 14.6. The van der Waals surface area contributed by atoms with Gasteiger partial charge in [0.15, 0.2) is 0 Å². The minimum absolute atomic E-state index is 0.704. The van der Waals surface area contributed by atoms with E-state index in [2.05, 4.69) is 41.4 Å². The average Bonchev–Trinajstić information content (AvgIpc) is 2.29. The number of nitrogens with one attached hydrogen (secondary N) is 1. The van der Waals surface area contributed by atoms with Crippen molar-refractivity contribution < 1.29 is 0 Å². The molecule has 0 radical (unpaired) electrons. The van der Waals surface area contributed by atoms with Crippen molar-refractivity contribution in [2.45, 2.75) is 19.5 Å². The molecule has 0 unspecified atom stereocenters. The van der Waals surface area contributed by atoms with Crippen LogP contribution in [0.4, 0.5) is 0 Å². The lowest BCUT2D eigenvalue weighted by Gasteiger charge is -2.19. The van der Waals surface area contributed by atoms with E-state index in [-0.39, 0.29) is 0 Å². The topological polar surface area (TPSA) is 15.3 Å². The molecule has 1 aliphatic rings. The number of hydrogen-bond acceptors (Lipinski definition) is 2. The molecule has 0 saturated heterocycles. The predicted octanol–water partition coefficient (Wildman–Crippen LogP) is 1.40. The van der Waals surface area contributed by atoms with Crippen molar-refractivity contribution in [1.82, 2.24) is 10.2 Å². The van der Waals surface area contributed by atoms with Crippen LogP contribution in [0.15, 0.2) is 18.2 Å². The monoisotopic (exact) mass is 214 g/mol. The molecule has 0 fully saturated rings. The Morgan fingerprint density at radius 3 is 3.12 bits per heavy atom. The third kappa shape index (κ3) is 2.63. The molecule has 1 aromatic rings. The van der Waals surface area contributed by atoms with Crippen LogP contribution in [0.25, 0.3) is 0 Å². The van der Waals surface area contributed by atoms with Crippen molar-refractivity contribution in [3.8, 4) is 12.3 Å². The van der Waals surface area contributed by atoms with Gasteiger partial charge in [-0.3, -0.25) is 4.90 Å². The fraction of sp³-hybridized carbons (Fsp3) is 0.429. The number of hydrogen-bond donors (Lipinski definition) is 1. The number of rotatable bonds is 3. The molecule has 84 valence electrons. The van der Waals surface area contributed by atoms with E-state index >= 15 is 0 Å². The molecule has 0 bridgehead atoms. The highest BCUT2D eigenvalue weighted by atomic mass is 15.1. The van der Waals surface area contributed by atoms with Gasteiger partial charge in [0, 0.05) is 13.1 Å². The van der Waals surface area contributed by atoms with E-state index in [0.29, 0.717) is 6.54 Å². The summed E-state index contributed by atoms with van der Waals surface area (Å²) >= 11 is 0. The Bertz CT molecular complexity index is 404. The van der Waals surface area contributed by atoms with E-state index in [0.717, 1.165) is 26.1 Å². The number of fused-ring (bicyclic) bond motifs is 1. The molecule has 1 aliphatic heterocycles. The van der Waals surface area contributed by atoms with Crippen molar-refractivity contribution in [2.24, 2.45) is 0 Å². The highest BCUT2D eigenvalue weighted by Gasteiger charge is 2.09. The summed E-state index contributed by atoms with van der Waals surface area (Å²) in [4.78, 5) is 2.15. The van der Waals surface area contributed by atoms with E-state index < -0.39 is 0 Å². The van der Waals surface area contributed by atoms with Gasteiger partial charge in [-0.15, -0.1) is 6.42 Å². The lowest BCUT2D eigenvalue weighted by molar-refractivity contribution is 0.369. The standard InChI is InChI=1S/C14H18N2/c1-3-8-16(2)11-12-4-5-13-6-7-15-10-14(13)9-12/h1,4-5,9,15H,6-8,10-11H2,2H3. The minimum atomic E-state index is 0.704. The van der Waals surface area contributed by atoms with E-state index in [9.17, 15) is 0 Å². The highest BCUT2D eigenvalue weighted by molar-refractivity contribution is 5.33. The Hall–Kier alpha value is -1.30. The molecule has 0 aliphatic carbocycles. The van der Waals surface area contributed by atoms with E-state index in [1.165, 1.54) is 16.7 Å². The van der Waals surface area contributed by atoms with Crippen LogP contribution in [0.5, 0.6) is 0 Å². The van der Waals surface area contributed by atoms with Crippen LogP contribution in [0.1, 0.15) is 16.7 Å². The summed E-state index contributed by atoms with van der Waals surface area (Å²) in [7, 11) is 2.05. The van der Waals surface area contributed by atoms with Gasteiger partial charge in [-0.2, -0.15) is 0 Å². The molecule has 0 atom stereocenters. The second-order valence-corrected chi connectivity index (χ2v) is 4.41. The smallest absolute Gasteiger partial charge is 0.0599 e. The molecule has 2 nitrogen and oxygen atoms in total. The van der Waals surface area contributed by atoms with Gasteiger partial charge in [0.05, 0.1) is 6.54 Å². The van der Waals surface area contributed by atoms with Crippen LogP contribution in [0, 0.1) is 12.3 Å². The zero-order chi connectivity index (χ0) is 11.4. The highest BCUT2D eigenvalue weighted by Crippen LogP contribution is 2.16. The van der Waals surface area contributed by atoms with E-state index in [1.807, 2.05) is 0 Å². The Kier molecular flexibility index (Phi) is 3.61. The first-order valence-corrected chi connectivity index (χ1v) is 5.73. The molecule has 1 aromatic carbocycles. The van der Waals surface area contributed by atoms with Crippen LogP contribution in [-0.2, 0) is 19.5 Å². The van der Waals surface area contributed by atoms with Gasteiger partial charge in [-0.25, -0.2) is 0 Å². The second-order valence-electron chi connectivity index (χ2n) is 4.41. The molecular weight excluding hydrogens is 196 g/mol. The minimum Gasteiger partial charge on any atom is -0.312 e. The maximum atomic E-state index is 5.29. The summed E-state index contributed by atoms with van der Waals surface area (Å²) in [6, 6.07) is 6.78. The number of nitrogens with zero attached hydrogens (tertiary/aromatic N) is 1. The lowest BCUT2D eigenvalue weighted by Crippen LogP contribution is -2.24. The summed E-state index contributed by atoms with van der Waals surface area (Å²) in [5, 5.41) is 3.40. The summed E-state index contributed by atoms with van der Waals surface area (Å²) in [6.07, 6.45) is 6.44. The van der Waals surface area contributed by atoms with Gasteiger partial charge >= 0.3 is 0 Å². The maximum absolute atomic E-state index is 5.29. The van der Waals surface area contributed by atoms with Crippen LogP contribution < -0.4 is 5.32 Å². The van der Waals surface area contributed by atoms with Gasteiger partial charge < -0.3 is 5.32 Å². The Morgan fingerprint density at radius 2 is 2.31 bits per heavy atom. The molecule has 16 heavy (non-hydrogen) atoms. The maximum Gasteiger partial charge on any atom is 0.0599 e.